The maximum Gasteiger partial charge on any atom is 0.311 e. The van der Waals surface area contributed by atoms with Gasteiger partial charge in [0.1, 0.15) is 11.7 Å². The van der Waals surface area contributed by atoms with Crippen LogP contribution in [0.5, 0.6) is 0 Å². The van der Waals surface area contributed by atoms with Gasteiger partial charge in [-0.25, -0.2) is 0 Å². The van der Waals surface area contributed by atoms with Crippen molar-refractivity contribution in [1.29, 1.82) is 0 Å². The zero-order valence-corrected chi connectivity index (χ0v) is 10.0. The van der Waals surface area contributed by atoms with E-state index >= 15 is 0 Å². The van der Waals surface area contributed by atoms with Gasteiger partial charge in [-0.1, -0.05) is 6.92 Å². The van der Waals surface area contributed by atoms with E-state index in [9.17, 15) is 9.59 Å². The van der Waals surface area contributed by atoms with E-state index in [-0.39, 0.29) is 19.0 Å². The van der Waals surface area contributed by atoms with E-state index in [0.717, 1.165) is 5.76 Å². The van der Waals surface area contributed by atoms with Crippen molar-refractivity contribution in [3.05, 3.63) is 23.7 Å². The highest BCUT2D eigenvalue weighted by molar-refractivity contribution is 5.92. The number of furan rings is 1. The first kappa shape index (κ1) is 12.6. The minimum Gasteiger partial charge on any atom is -0.481 e. The van der Waals surface area contributed by atoms with Crippen LogP contribution in [0.4, 0.5) is 0 Å². The predicted molar refractivity (Wildman–Crippen MR) is 61.3 cm³/mol. The minimum absolute atomic E-state index is 0.124. The summed E-state index contributed by atoms with van der Waals surface area (Å²) in [5.41, 5.74) is 0. The van der Waals surface area contributed by atoms with E-state index < -0.39 is 23.8 Å². The summed E-state index contributed by atoms with van der Waals surface area (Å²) in [4.78, 5) is 22.8. The van der Waals surface area contributed by atoms with Crippen LogP contribution in [-0.4, -0.2) is 36.2 Å². The number of carboxylic acids is 1. The highest BCUT2D eigenvalue weighted by Gasteiger charge is 2.35. The average Bonchev–Trinajstić information content (AvgIpc) is 2.96. The van der Waals surface area contributed by atoms with Gasteiger partial charge in [0.05, 0.1) is 19.3 Å². The molecular formula is C12H15NO5. The molecule has 1 aliphatic rings. The molecule has 2 heterocycles. The molecule has 1 aliphatic heterocycles. The topological polar surface area (TPSA) is 88.8 Å². The number of carbonyl (C=O) groups is 2. The molecule has 1 saturated heterocycles. The van der Waals surface area contributed by atoms with Crippen LogP contribution in [0.3, 0.4) is 0 Å². The minimum atomic E-state index is -0.966. The van der Waals surface area contributed by atoms with Crippen molar-refractivity contribution >= 4 is 11.9 Å². The monoisotopic (exact) mass is 253 g/mol. The Hall–Kier alpha value is -1.82. The van der Waals surface area contributed by atoms with Crippen LogP contribution in [0.1, 0.15) is 23.2 Å². The maximum atomic E-state index is 11.8. The van der Waals surface area contributed by atoms with E-state index in [1.165, 1.54) is 0 Å². The molecule has 2 N–H and O–H groups in total. The van der Waals surface area contributed by atoms with Crippen LogP contribution < -0.4 is 5.32 Å². The Morgan fingerprint density at radius 1 is 1.44 bits per heavy atom. The molecule has 1 aromatic heterocycles. The Morgan fingerprint density at radius 3 is 2.83 bits per heavy atom. The zero-order chi connectivity index (χ0) is 13.1. The van der Waals surface area contributed by atoms with Crippen molar-refractivity contribution in [3.8, 4) is 0 Å². The summed E-state index contributed by atoms with van der Waals surface area (Å²) in [6, 6.07) is 2.80. The van der Waals surface area contributed by atoms with Crippen molar-refractivity contribution < 1.29 is 23.8 Å². The zero-order valence-electron chi connectivity index (χ0n) is 10.0. The van der Waals surface area contributed by atoms with E-state index in [0.29, 0.717) is 6.42 Å². The second-order valence-electron chi connectivity index (χ2n) is 4.18. The normalized spacial score (nSPS) is 22.9. The van der Waals surface area contributed by atoms with E-state index in [1.807, 2.05) is 6.92 Å². The van der Waals surface area contributed by atoms with Crippen molar-refractivity contribution in [2.24, 2.45) is 5.92 Å². The van der Waals surface area contributed by atoms with E-state index in [1.54, 1.807) is 12.1 Å². The van der Waals surface area contributed by atoms with Crippen molar-refractivity contribution in [3.63, 3.8) is 0 Å². The molecular weight excluding hydrogens is 238 g/mol. The summed E-state index contributed by atoms with van der Waals surface area (Å²) in [5, 5.41) is 11.6. The van der Waals surface area contributed by atoms with Gasteiger partial charge in [-0.3, -0.25) is 9.59 Å². The van der Waals surface area contributed by atoms with Crippen LogP contribution in [-0.2, 0) is 16.0 Å². The van der Waals surface area contributed by atoms with Gasteiger partial charge in [-0.15, -0.1) is 0 Å². The summed E-state index contributed by atoms with van der Waals surface area (Å²) in [5.74, 6) is -1.15. The molecule has 0 spiro atoms. The predicted octanol–water partition coefficient (Wildman–Crippen LogP) is 0.671. The first-order chi connectivity index (χ1) is 8.61. The fraction of sp³-hybridized carbons (Fsp3) is 0.500. The Kier molecular flexibility index (Phi) is 3.66. The molecule has 6 heteroatoms. The van der Waals surface area contributed by atoms with Gasteiger partial charge in [-0.05, 0) is 12.1 Å². The molecule has 0 aliphatic carbocycles. The maximum absolute atomic E-state index is 11.8. The summed E-state index contributed by atoms with van der Waals surface area (Å²) < 4.78 is 10.4. The number of carboxylic acid groups (broad SMARTS) is 1. The molecule has 6 nitrogen and oxygen atoms in total. The fourth-order valence-corrected chi connectivity index (χ4v) is 1.87. The number of ether oxygens (including phenoxy) is 1. The molecule has 2 unspecified atom stereocenters. The largest absolute Gasteiger partial charge is 0.481 e. The third kappa shape index (κ3) is 2.53. The Bertz CT molecular complexity index is 453. The van der Waals surface area contributed by atoms with Crippen LogP contribution in [0.15, 0.2) is 16.5 Å². The van der Waals surface area contributed by atoms with Gasteiger partial charge in [-0.2, -0.15) is 0 Å². The van der Waals surface area contributed by atoms with Gasteiger partial charge in [0.2, 0.25) is 0 Å². The van der Waals surface area contributed by atoms with Gasteiger partial charge in [0.15, 0.2) is 5.76 Å². The lowest BCUT2D eigenvalue weighted by atomic mass is 10.0. The second kappa shape index (κ2) is 5.22. The number of aryl methyl sites for hydroxylation is 1. The molecule has 1 amide bonds. The molecule has 0 aromatic carbocycles. The van der Waals surface area contributed by atoms with Gasteiger partial charge >= 0.3 is 5.97 Å². The smallest absolute Gasteiger partial charge is 0.311 e. The van der Waals surface area contributed by atoms with E-state index in [2.05, 4.69) is 5.32 Å². The standard InChI is InChI=1S/C12H15NO5/c1-2-7-3-4-10(18-7)11(14)13-9-6-17-5-8(9)12(15)16/h3-4,8-9H,2,5-6H2,1H3,(H,13,14)(H,15,16). The lowest BCUT2D eigenvalue weighted by molar-refractivity contribution is -0.142. The number of rotatable bonds is 4. The number of nitrogens with one attached hydrogen (secondary N) is 1. The Balaban J connectivity index is 2.00. The third-order valence-corrected chi connectivity index (χ3v) is 2.95. The van der Waals surface area contributed by atoms with Crippen LogP contribution in [0.2, 0.25) is 0 Å². The highest BCUT2D eigenvalue weighted by Crippen LogP contribution is 2.15. The van der Waals surface area contributed by atoms with Crippen LogP contribution in [0, 0.1) is 5.92 Å². The number of aliphatic carboxylic acids is 1. The van der Waals surface area contributed by atoms with Gasteiger partial charge in [0.25, 0.3) is 5.91 Å². The fourth-order valence-electron chi connectivity index (χ4n) is 1.87. The molecule has 1 aromatic rings. The number of hydrogen-bond donors (Lipinski definition) is 2. The summed E-state index contributed by atoms with van der Waals surface area (Å²) in [6.07, 6.45) is 0.706. The highest BCUT2D eigenvalue weighted by atomic mass is 16.5. The number of amides is 1. The van der Waals surface area contributed by atoms with Gasteiger partial charge in [0, 0.05) is 6.42 Å². The first-order valence-corrected chi connectivity index (χ1v) is 5.82. The van der Waals surface area contributed by atoms with Gasteiger partial charge < -0.3 is 19.6 Å². The van der Waals surface area contributed by atoms with E-state index in [4.69, 9.17) is 14.3 Å². The molecule has 0 bridgehead atoms. The second-order valence-corrected chi connectivity index (χ2v) is 4.18. The van der Waals surface area contributed by atoms with Crippen LogP contribution in [0.25, 0.3) is 0 Å². The molecule has 1 fully saturated rings. The molecule has 0 radical (unpaired) electrons. The average molecular weight is 253 g/mol. The van der Waals surface area contributed by atoms with Crippen molar-refractivity contribution in [2.45, 2.75) is 19.4 Å². The molecule has 98 valence electrons. The molecule has 0 saturated carbocycles. The number of carbonyl (C=O) groups excluding carboxylic acids is 1. The molecule has 2 rings (SSSR count). The quantitative estimate of drug-likeness (QED) is 0.823. The first-order valence-electron chi connectivity index (χ1n) is 5.82. The lowest BCUT2D eigenvalue weighted by Crippen LogP contribution is -2.42. The summed E-state index contributed by atoms with van der Waals surface area (Å²) in [7, 11) is 0. The van der Waals surface area contributed by atoms with Crippen LogP contribution >= 0.6 is 0 Å². The Labute approximate surface area is 104 Å². The summed E-state index contributed by atoms with van der Waals surface area (Å²) in [6.45, 7) is 2.26. The third-order valence-electron chi connectivity index (χ3n) is 2.95. The lowest BCUT2D eigenvalue weighted by Gasteiger charge is -2.14. The Morgan fingerprint density at radius 2 is 2.22 bits per heavy atom. The van der Waals surface area contributed by atoms with Crippen molar-refractivity contribution in [1.82, 2.24) is 5.32 Å². The summed E-state index contributed by atoms with van der Waals surface area (Å²) >= 11 is 0. The molecule has 2 atom stereocenters. The SMILES string of the molecule is CCc1ccc(C(=O)NC2COCC2C(=O)O)o1. The van der Waals surface area contributed by atoms with Crippen molar-refractivity contribution in [2.75, 3.05) is 13.2 Å². The molecule has 18 heavy (non-hydrogen) atoms. The number of hydrogen-bond acceptors (Lipinski definition) is 4.